The van der Waals surface area contributed by atoms with Gasteiger partial charge < -0.3 is 4.74 Å². The van der Waals surface area contributed by atoms with Gasteiger partial charge in [-0.3, -0.25) is 13.7 Å². The normalized spacial score (nSPS) is 12.2. The van der Waals surface area contributed by atoms with Crippen molar-refractivity contribution in [2.45, 2.75) is 85.0 Å². The van der Waals surface area contributed by atoms with Crippen LogP contribution in [0.5, 0.6) is 11.5 Å². The lowest BCUT2D eigenvalue weighted by Gasteiger charge is -2.26. The molecule has 10 aromatic rings. The predicted octanol–water partition coefficient (Wildman–Crippen LogP) is 16.0. The number of hydrogen-bond donors (Lipinski definition) is 0. The minimum Gasteiger partial charge on any atom is -0.458 e. The molecule has 68 heavy (non-hydrogen) atoms. The van der Waals surface area contributed by atoms with Gasteiger partial charge in [0.05, 0.1) is 28.1 Å². The van der Waals surface area contributed by atoms with Crippen molar-refractivity contribution >= 4 is 21.8 Å². The minimum absolute atomic E-state index is 0.00944. The van der Waals surface area contributed by atoms with E-state index in [0.717, 1.165) is 67.3 Å². The topological polar surface area (TPSA) is 35.9 Å². The SMILES string of the molecule is CC(C)c1cccc(C(C)C)c1-c1c[n+](-c2cccc(C(C)(C)C)c2)[c-]n1-c1cc(Oc2ccc3c4ccccc4n(-c4cc(C(C)(C)c5ccccc5)ccn4)c3c2)cc(-c2ccccc2)c1. The summed E-state index contributed by atoms with van der Waals surface area (Å²) in [4.78, 5) is 5.01. The summed E-state index contributed by atoms with van der Waals surface area (Å²) in [5, 5.41) is 2.30. The van der Waals surface area contributed by atoms with Gasteiger partial charge in [-0.2, -0.15) is 0 Å². The maximum absolute atomic E-state index is 7.08. The molecule has 10 rings (SSSR count). The van der Waals surface area contributed by atoms with Crippen molar-refractivity contribution in [1.29, 1.82) is 0 Å². The highest BCUT2D eigenvalue weighted by molar-refractivity contribution is 6.09. The number of fused-ring (bicyclic) bond motifs is 3. The van der Waals surface area contributed by atoms with Crippen LogP contribution in [0.15, 0.2) is 188 Å². The molecule has 0 bridgehead atoms. The van der Waals surface area contributed by atoms with Crippen molar-refractivity contribution in [2.75, 3.05) is 0 Å². The van der Waals surface area contributed by atoms with Crippen LogP contribution < -0.4 is 9.30 Å². The third-order valence-electron chi connectivity index (χ3n) is 13.6. The quantitative estimate of drug-likeness (QED) is 0.0958. The van der Waals surface area contributed by atoms with Gasteiger partial charge in [0, 0.05) is 34.6 Å². The van der Waals surface area contributed by atoms with Crippen LogP contribution in [0, 0.1) is 6.33 Å². The van der Waals surface area contributed by atoms with E-state index in [1.54, 1.807) is 0 Å². The first-order valence-electron chi connectivity index (χ1n) is 24.0. The van der Waals surface area contributed by atoms with Crippen LogP contribution in [0.2, 0.25) is 0 Å². The molecule has 0 fully saturated rings. The molecule has 0 aliphatic rings. The van der Waals surface area contributed by atoms with E-state index in [4.69, 9.17) is 9.72 Å². The summed E-state index contributed by atoms with van der Waals surface area (Å²) in [6.45, 7) is 20.5. The summed E-state index contributed by atoms with van der Waals surface area (Å²) in [6, 6.07) is 62.9. The lowest BCUT2D eigenvalue weighted by atomic mass is 9.78. The van der Waals surface area contributed by atoms with Crippen molar-refractivity contribution in [2.24, 2.45) is 0 Å². The molecule has 0 saturated heterocycles. The number of imidazole rings is 1. The number of ether oxygens (including phenoxy) is 1. The highest BCUT2D eigenvalue weighted by atomic mass is 16.5. The number of pyridine rings is 1. The van der Waals surface area contributed by atoms with E-state index < -0.39 is 0 Å². The minimum atomic E-state index is -0.229. The summed E-state index contributed by atoms with van der Waals surface area (Å²) >= 11 is 0. The first-order chi connectivity index (χ1) is 32.7. The second-order valence-corrected chi connectivity index (χ2v) is 20.3. The van der Waals surface area contributed by atoms with Crippen LogP contribution in [0.4, 0.5) is 0 Å². The Morgan fingerprint density at radius 2 is 1.21 bits per heavy atom. The third-order valence-corrected chi connectivity index (χ3v) is 13.6. The van der Waals surface area contributed by atoms with Crippen LogP contribution in [-0.4, -0.2) is 14.1 Å². The summed E-state index contributed by atoms with van der Waals surface area (Å²) in [7, 11) is 0. The second-order valence-electron chi connectivity index (χ2n) is 20.3. The number of nitrogens with zero attached hydrogens (tertiary/aromatic N) is 4. The number of aromatic nitrogens is 4. The predicted molar refractivity (Wildman–Crippen MR) is 281 cm³/mol. The fourth-order valence-corrected chi connectivity index (χ4v) is 9.76. The molecule has 0 saturated carbocycles. The van der Waals surface area contributed by atoms with Crippen molar-refractivity contribution in [3.63, 3.8) is 0 Å². The monoisotopic (exact) mass is 888 g/mol. The molecule has 0 amide bonds. The highest BCUT2D eigenvalue weighted by Gasteiger charge is 2.26. The summed E-state index contributed by atoms with van der Waals surface area (Å²) in [5.74, 6) is 2.93. The van der Waals surface area contributed by atoms with E-state index in [-0.39, 0.29) is 10.8 Å². The Morgan fingerprint density at radius 3 is 1.93 bits per heavy atom. The number of para-hydroxylation sites is 1. The second kappa shape index (κ2) is 17.6. The molecular weight excluding hydrogens is 829 g/mol. The summed E-state index contributed by atoms with van der Waals surface area (Å²) in [5.41, 5.74) is 14.7. The van der Waals surface area contributed by atoms with Crippen LogP contribution >= 0.6 is 0 Å². The van der Waals surface area contributed by atoms with Crippen LogP contribution in [-0.2, 0) is 10.8 Å². The average Bonchev–Trinajstić information content (AvgIpc) is 3.94. The van der Waals surface area contributed by atoms with E-state index in [9.17, 15) is 0 Å². The van der Waals surface area contributed by atoms with E-state index in [2.05, 4.69) is 264 Å². The van der Waals surface area contributed by atoms with Crippen molar-refractivity contribution in [3.05, 3.63) is 222 Å². The van der Waals surface area contributed by atoms with E-state index in [1.165, 1.54) is 33.4 Å². The van der Waals surface area contributed by atoms with Gasteiger partial charge >= 0.3 is 0 Å². The largest absolute Gasteiger partial charge is 0.458 e. The smallest absolute Gasteiger partial charge is 0.269 e. The Morgan fingerprint density at radius 1 is 0.544 bits per heavy atom. The fourth-order valence-electron chi connectivity index (χ4n) is 9.76. The van der Waals surface area contributed by atoms with Crippen molar-refractivity contribution < 1.29 is 9.30 Å². The lowest BCUT2D eigenvalue weighted by molar-refractivity contribution is -0.599. The summed E-state index contributed by atoms with van der Waals surface area (Å²) < 4.78 is 13.8. The first-order valence-corrected chi connectivity index (χ1v) is 24.0. The van der Waals surface area contributed by atoms with Crippen LogP contribution in [0.25, 0.3) is 61.4 Å². The van der Waals surface area contributed by atoms with Gasteiger partial charge in [0.1, 0.15) is 17.3 Å². The number of benzene rings is 7. The fraction of sp³-hybridized carbons (Fsp3) is 0.206. The highest BCUT2D eigenvalue weighted by Crippen LogP contribution is 2.41. The van der Waals surface area contributed by atoms with Crippen LogP contribution in [0.3, 0.4) is 0 Å². The standard InChI is InChI=1S/C63H60N4O/c1-42(2)53-27-19-28-54(43(3)4)61(53)59-40-65(49-25-18-24-47(36-49)62(5,6)7)41-66(59)50-34-45(44-20-12-10-13-21-44)35-52(38-50)68-51-30-31-56-55-26-16-17-29-57(55)67(58(56)39-51)60-37-48(32-33-64-60)63(8,9)46-22-14-11-15-23-46/h10-40,42-43H,1-9H3. The molecular formula is C63H60N4O. The lowest BCUT2D eigenvalue weighted by Crippen LogP contribution is -2.29. The van der Waals surface area contributed by atoms with E-state index in [0.29, 0.717) is 11.8 Å². The van der Waals surface area contributed by atoms with Gasteiger partial charge in [0.2, 0.25) is 0 Å². The molecule has 0 unspecified atom stereocenters. The zero-order valence-corrected chi connectivity index (χ0v) is 40.7. The molecule has 5 nitrogen and oxygen atoms in total. The molecule has 338 valence electrons. The molecule has 0 atom stereocenters. The third kappa shape index (κ3) is 8.32. The van der Waals surface area contributed by atoms with Gasteiger partial charge in [-0.15, -0.1) is 0 Å². The van der Waals surface area contributed by atoms with Crippen molar-refractivity contribution in [3.8, 4) is 51.1 Å². The molecule has 0 radical (unpaired) electrons. The molecule has 0 N–H and O–H groups in total. The maximum Gasteiger partial charge on any atom is 0.269 e. The number of rotatable bonds is 11. The molecule has 7 aromatic carbocycles. The summed E-state index contributed by atoms with van der Waals surface area (Å²) in [6.07, 6.45) is 8.06. The number of hydrogen-bond acceptors (Lipinski definition) is 2. The zero-order valence-electron chi connectivity index (χ0n) is 40.7. The van der Waals surface area contributed by atoms with Crippen LogP contribution in [0.1, 0.15) is 102 Å². The molecule has 0 spiro atoms. The van der Waals surface area contributed by atoms with Gasteiger partial charge in [-0.25, -0.2) is 4.98 Å². The zero-order chi connectivity index (χ0) is 47.3. The Hall–Kier alpha value is -7.50. The molecule has 5 heteroatoms. The Balaban J connectivity index is 1.15. The maximum atomic E-state index is 7.08. The van der Waals surface area contributed by atoms with Crippen molar-refractivity contribution in [1.82, 2.24) is 14.1 Å². The molecule has 0 aliphatic carbocycles. The van der Waals surface area contributed by atoms with Gasteiger partial charge in [0.15, 0.2) is 0 Å². The molecule has 3 aromatic heterocycles. The average molecular weight is 889 g/mol. The Kier molecular flexibility index (Phi) is 11.5. The molecule has 3 heterocycles. The van der Waals surface area contributed by atoms with Gasteiger partial charge in [0.25, 0.3) is 6.33 Å². The van der Waals surface area contributed by atoms with E-state index >= 15 is 0 Å². The Labute approximate surface area is 402 Å². The molecule has 0 aliphatic heterocycles. The van der Waals surface area contributed by atoms with Gasteiger partial charge in [-0.05, 0) is 122 Å². The first kappa shape index (κ1) is 44.3. The van der Waals surface area contributed by atoms with E-state index in [1.807, 2.05) is 6.20 Å². The van der Waals surface area contributed by atoms with Gasteiger partial charge in [-0.1, -0.05) is 172 Å². The Bertz CT molecular complexity index is 3410.